The van der Waals surface area contributed by atoms with E-state index in [9.17, 15) is 8.42 Å². The Kier molecular flexibility index (Phi) is 2.84. The molecular weight excluding hydrogens is 271 g/mol. The van der Waals surface area contributed by atoms with Crippen LogP contribution in [0.5, 0.6) is 0 Å². The van der Waals surface area contributed by atoms with Crippen molar-refractivity contribution in [2.45, 2.75) is 4.90 Å². The molecule has 0 saturated heterocycles. The highest BCUT2D eigenvalue weighted by Crippen LogP contribution is 2.34. The van der Waals surface area contributed by atoms with E-state index in [0.717, 1.165) is 0 Å². The Hall–Kier alpha value is -0.810. The van der Waals surface area contributed by atoms with Crippen molar-refractivity contribution in [1.29, 1.82) is 0 Å². The van der Waals surface area contributed by atoms with Gasteiger partial charge in [0.2, 0.25) is 0 Å². The normalized spacial score (nSPS) is 11.9. The van der Waals surface area contributed by atoms with Gasteiger partial charge in [-0.1, -0.05) is 35.3 Å². The van der Waals surface area contributed by atoms with Gasteiger partial charge < -0.3 is 0 Å². The molecule has 0 saturated carbocycles. The van der Waals surface area contributed by atoms with Gasteiger partial charge in [0.15, 0.2) is 0 Å². The third kappa shape index (κ3) is 1.89. The molecule has 16 heavy (non-hydrogen) atoms. The Morgan fingerprint density at radius 1 is 1.00 bits per heavy atom. The minimum atomic E-state index is -4.28. The molecule has 0 atom stereocenters. The van der Waals surface area contributed by atoms with E-state index in [1.165, 1.54) is 18.2 Å². The number of hydrogen-bond donors (Lipinski definition) is 1. The molecule has 0 aromatic heterocycles. The molecule has 0 bridgehead atoms. The van der Waals surface area contributed by atoms with Crippen LogP contribution in [0.2, 0.25) is 10.0 Å². The molecule has 2 rings (SSSR count). The second-order valence-electron chi connectivity index (χ2n) is 3.18. The van der Waals surface area contributed by atoms with E-state index in [1.54, 1.807) is 12.1 Å². The zero-order valence-corrected chi connectivity index (χ0v) is 10.1. The lowest BCUT2D eigenvalue weighted by molar-refractivity contribution is 0.484. The van der Waals surface area contributed by atoms with Gasteiger partial charge in [-0.2, -0.15) is 8.42 Å². The highest BCUT2D eigenvalue weighted by molar-refractivity contribution is 7.86. The SMILES string of the molecule is O=S(=O)(O)c1ccc(Cl)c2c(Cl)cccc12. The Balaban J connectivity index is 3.02. The van der Waals surface area contributed by atoms with Crippen LogP contribution >= 0.6 is 23.2 Å². The summed E-state index contributed by atoms with van der Waals surface area (Å²) in [7, 11) is -4.28. The number of fused-ring (bicyclic) bond motifs is 1. The predicted octanol–water partition coefficient (Wildman–Crippen LogP) is 3.39. The smallest absolute Gasteiger partial charge is 0.282 e. The maximum atomic E-state index is 11.1. The molecule has 0 spiro atoms. The van der Waals surface area contributed by atoms with Gasteiger partial charge in [-0.05, 0) is 18.2 Å². The second kappa shape index (κ2) is 3.89. The fraction of sp³-hybridized carbons (Fsp3) is 0. The average Bonchev–Trinajstić information content (AvgIpc) is 2.16. The lowest BCUT2D eigenvalue weighted by atomic mass is 10.1. The zero-order valence-electron chi connectivity index (χ0n) is 7.81. The minimum Gasteiger partial charge on any atom is -0.282 e. The van der Waals surface area contributed by atoms with E-state index in [4.69, 9.17) is 27.8 Å². The molecule has 0 amide bonds. The standard InChI is InChI=1S/C10H6Cl2O3S/c11-7-3-1-2-6-9(16(13,14)15)5-4-8(12)10(6)7/h1-5H,(H,13,14,15). The maximum absolute atomic E-state index is 11.1. The van der Waals surface area contributed by atoms with Crippen molar-refractivity contribution in [3.63, 3.8) is 0 Å². The average molecular weight is 277 g/mol. The Morgan fingerprint density at radius 2 is 1.62 bits per heavy atom. The van der Waals surface area contributed by atoms with Gasteiger partial charge in [0.1, 0.15) is 4.90 Å². The van der Waals surface area contributed by atoms with Gasteiger partial charge in [-0.3, -0.25) is 4.55 Å². The van der Waals surface area contributed by atoms with Crippen molar-refractivity contribution in [2.75, 3.05) is 0 Å². The second-order valence-corrected chi connectivity index (χ2v) is 5.39. The van der Waals surface area contributed by atoms with Gasteiger partial charge in [-0.25, -0.2) is 0 Å². The summed E-state index contributed by atoms with van der Waals surface area (Å²) in [5.74, 6) is 0. The van der Waals surface area contributed by atoms with Crippen LogP contribution in [0.25, 0.3) is 10.8 Å². The van der Waals surface area contributed by atoms with Crippen molar-refractivity contribution in [1.82, 2.24) is 0 Å². The van der Waals surface area contributed by atoms with Crippen LogP contribution in [0.1, 0.15) is 0 Å². The van der Waals surface area contributed by atoms with E-state index >= 15 is 0 Å². The van der Waals surface area contributed by atoms with Crippen molar-refractivity contribution in [2.24, 2.45) is 0 Å². The Bertz CT molecular complexity index is 657. The first-order chi connectivity index (χ1) is 7.41. The molecule has 0 radical (unpaired) electrons. The minimum absolute atomic E-state index is 0.200. The number of benzene rings is 2. The number of halogens is 2. The maximum Gasteiger partial charge on any atom is 0.295 e. The Labute approximate surface area is 102 Å². The molecule has 0 unspecified atom stereocenters. The quantitative estimate of drug-likeness (QED) is 0.813. The summed E-state index contributed by atoms with van der Waals surface area (Å²) in [5.41, 5.74) is 0. The fourth-order valence-electron chi connectivity index (χ4n) is 1.52. The number of hydrogen-bond acceptors (Lipinski definition) is 2. The van der Waals surface area contributed by atoms with Crippen LogP contribution in [0, 0.1) is 0 Å². The monoisotopic (exact) mass is 276 g/mol. The number of rotatable bonds is 1. The van der Waals surface area contributed by atoms with Gasteiger partial charge in [-0.15, -0.1) is 0 Å². The van der Waals surface area contributed by atoms with E-state index in [1.807, 2.05) is 0 Å². The largest absolute Gasteiger partial charge is 0.295 e. The molecule has 0 aliphatic heterocycles. The first-order valence-corrected chi connectivity index (χ1v) is 6.45. The van der Waals surface area contributed by atoms with Crippen LogP contribution in [0.4, 0.5) is 0 Å². The lowest BCUT2D eigenvalue weighted by Crippen LogP contribution is -1.99. The molecule has 2 aromatic carbocycles. The van der Waals surface area contributed by atoms with Crippen molar-refractivity contribution < 1.29 is 13.0 Å². The molecule has 0 heterocycles. The topological polar surface area (TPSA) is 54.4 Å². The van der Waals surface area contributed by atoms with Gasteiger partial charge >= 0.3 is 0 Å². The molecule has 0 aliphatic rings. The van der Waals surface area contributed by atoms with Crippen molar-refractivity contribution in [3.05, 3.63) is 40.4 Å². The van der Waals surface area contributed by atoms with E-state index in [0.29, 0.717) is 20.8 Å². The molecule has 0 aliphatic carbocycles. The third-order valence-corrected chi connectivity index (χ3v) is 3.72. The summed E-state index contributed by atoms with van der Waals surface area (Å²) in [6.45, 7) is 0. The predicted molar refractivity (Wildman–Crippen MR) is 63.8 cm³/mol. The van der Waals surface area contributed by atoms with Crippen LogP contribution < -0.4 is 0 Å². The highest BCUT2D eigenvalue weighted by Gasteiger charge is 2.16. The molecule has 1 N–H and O–H groups in total. The Morgan fingerprint density at radius 3 is 2.25 bits per heavy atom. The lowest BCUT2D eigenvalue weighted by Gasteiger charge is -2.06. The first kappa shape index (κ1) is 11.7. The van der Waals surface area contributed by atoms with E-state index in [2.05, 4.69) is 0 Å². The van der Waals surface area contributed by atoms with Gasteiger partial charge in [0.05, 0.1) is 0 Å². The van der Waals surface area contributed by atoms with Crippen molar-refractivity contribution in [3.8, 4) is 0 Å². The van der Waals surface area contributed by atoms with Gasteiger partial charge in [0, 0.05) is 20.8 Å². The summed E-state index contributed by atoms with van der Waals surface area (Å²) >= 11 is 11.8. The van der Waals surface area contributed by atoms with Gasteiger partial charge in [0.25, 0.3) is 10.1 Å². The first-order valence-electron chi connectivity index (χ1n) is 4.25. The van der Waals surface area contributed by atoms with Crippen LogP contribution in [-0.4, -0.2) is 13.0 Å². The zero-order chi connectivity index (χ0) is 11.9. The summed E-state index contributed by atoms with van der Waals surface area (Å²) in [6, 6.07) is 7.37. The van der Waals surface area contributed by atoms with Crippen LogP contribution in [0.15, 0.2) is 35.2 Å². The third-order valence-electron chi connectivity index (χ3n) is 2.18. The van der Waals surface area contributed by atoms with Crippen LogP contribution in [0.3, 0.4) is 0 Å². The molecular formula is C10H6Cl2O3S. The van der Waals surface area contributed by atoms with Crippen molar-refractivity contribution >= 4 is 44.1 Å². The van der Waals surface area contributed by atoms with E-state index in [-0.39, 0.29) is 4.90 Å². The summed E-state index contributed by atoms with van der Waals surface area (Å²) in [6.07, 6.45) is 0. The van der Waals surface area contributed by atoms with Crippen LogP contribution in [-0.2, 0) is 10.1 Å². The molecule has 0 fully saturated rings. The summed E-state index contributed by atoms with van der Waals surface area (Å²) in [4.78, 5) is -0.200. The van der Waals surface area contributed by atoms with E-state index < -0.39 is 10.1 Å². The molecule has 84 valence electrons. The molecule has 2 aromatic rings. The fourth-order valence-corrected chi connectivity index (χ4v) is 2.80. The highest BCUT2D eigenvalue weighted by atomic mass is 35.5. The summed E-state index contributed by atoms with van der Waals surface area (Å²) < 4.78 is 31.3. The molecule has 6 heteroatoms. The summed E-state index contributed by atoms with van der Waals surface area (Å²) in [5, 5.41) is 1.41. The molecule has 3 nitrogen and oxygen atoms in total.